The molecule has 6 aromatic carbocycles. The van der Waals surface area contributed by atoms with E-state index in [1.54, 1.807) is 57.2 Å². The highest BCUT2D eigenvalue weighted by Gasteiger charge is 2.39. The number of nitrogens with zero attached hydrogens (tertiary/aromatic N) is 3. The number of alkyl carbamates (subject to hydrolysis) is 1. The third kappa shape index (κ3) is 13.6. The van der Waals surface area contributed by atoms with Crippen molar-refractivity contribution in [3.05, 3.63) is 183 Å². The Morgan fingerprint density at radius 3 is 1.98 bits per heavy atom. The van der Waals surface area contributed by atoms with Gasteiger partial charge in [0.15, 0.2) is 0 Å². The van der Waals surface area contributed by atoms with Gasteiger partial charge in [0.1, 0.15) is 41.8 Å². The molecule has 85 heavy (non-hydrogen) atoms. The molecule has 0 fully saturated rings. The Labute approximate surface area is 491 Å². The van der Waals surface area contributed by atoms with Crippen LogP contribution < -0.4 is 40.8 Å². The van der Waals surface area contributed by atoms with E-state index in [-0.39, 0.29) is 65.2 Å². The van der Waals surface area contributed by atoms with Gasteiger partial charge in [-0.1, -0.05) is 109 Å². The van der Waals surface area contributed by atoms with Gasteiger partial charge < -0.3 is 45.8 Å². The summed E-state index contributed by atoms with van der Waals surface area (Å²) in [5.74, 6) is -3.17. The van der Waals surface area contributed by atoms with Gasteiger partial charge in [0.2, 0.25) is 17.8 Å². The third-order valence-electron chi connectivity index (χ3n) is 14.8. The first-order valence-corrected chi connectivity index (χ1v) is 30.2. The van der Waals surface area contributed by atoms with Crippen molar-refractivity contribution < 1.29 is 64.5 Å². The Bertz CT molecular complexity index is 3870. The van der Waals surface area contributed by atoms with E-state index in [9.17, 15) is 41.2 Å². The SMILES string of the molecule is COC(=O)[C@H](Cc1ccccc1)NC(=O)[C@H](Cc1ccc(Oc2no[n+]([O-])c2S(=O)(=O)c2ccccc2)cc1)NC(=O)[C@H](CCCN=C(N)NS(=O)(=O)c1c(C)c(C)c2c(c1C)CC(C)(C)O2)NC(=O)OCC1c2ccccc2-c2ccccc21. The number of aliphatic imine (C=N–C) groups is 1. The Hall–Kier alpha value is -9.29. The first kappa shape index (κ1) is 60.3. The lowest BCUT2D eigenvalue weighted by Gasteiger charge is -2.25. The number of hydrogen-bond acceptors (Lipinski definition) is 16. The number of carbonyl (C=O) groups is 4. The van der Waals surface area contributed by atoms with Gasteiger partial charge in [-0.05, 0) is 127 Å². The van der Waals surface area contributed by atoms with E-state index in [1.165, 1.54) is 55.6 Å². The molecular weight excluding hydrogens is 1130 g/mol. The number of amides is 3. The van der Waals surface area contributed by atoms with Crippen LogP contribution in [-0.4, -0.2) is 95.8 Å². The molecule has 0 unspecified atom stereocenters. The minimum atomic E-state index is -4.46. The molecule has 2 heterocycles. The normalized spacial score (nSPS) is 14.5. The molecule has 22 nitrogen and oxygen atoms in total. The first-order chi connectivity index (χ1) is 40.5. The number of aromatic nitrogens is 2. The number of nitrogens with one attached hydrogen (secondary N) is 4. The number of carbonyl (C=O) groups excluding carboxylic acids is 4. The predicted molar refractivity (Wildman–Crippen MR) is 311 cm³/mol. The van der Waals surface area contributed by atoms with Crippen LogP contribution in [0.25, 0.3) is 11.1 Å². The Balaban J connectivity index is 0.962. The number of esters is 1. The maximum atomic E-state index is 14.8. The van der Waals surface area contributed by atoms with Crippen LogP contribution in [0.3, 0.4) is 0 Å². The second-order valence-electron chi connectivity index (χ2n) is 21.2. The molecule has 6 N–H and O–H groups in total. The molecule has 3 amide bonds. The van der Waals surface area contributed by atoms with Crippen molar-refractivity contribution in [1.82, 2.24) is 25.8 Å². The van der Waals surface area contributed by atoms with Crippen LogP contribution >= 0.6 is 0 Å². The third-order valence-corrected chi connectivity index (χ3v) is 18.2. The molecule has 0 saturated heterocycles. The molecular formula is C61H64N8O14S2. The molecule has 1 aromatic heterocycles. The standard InChI is InChI=1S/C61H64N8O14S2/c1-36-37(2)53(38(3)47-34-61(4,5)82-52(36)47)85(77,78)68-59(62)63-31-17-26-49(66-60(73)80-35-48-45-24-15-13-22-43(45)44-23-14-16-25-46(44)48)54(70)64-50(55(71)65-51(58(72)79-6)33-39-18-9-7-10-19-39)32-40-27-29-41(30-28-40)81-56-57(69(74)83-67-56)84(75,76)42-20-11-8-12-21-42/h7-16,18-25,27-30,48-51H,17,26,31-35H2,1-6H3,(H,64,70)(H,65,71)(H,66,73)(H3,62,63,68)/t49-,50-,51-/m0/s1. The van der Waals surface area contributed by atoms with Crippen LogP contribution in [0.2, 0.25) is 0 Å². The highest BCUT2D eigenvalue weighted by Crippen LogP contribution is 2.45. The average Bonchev–Trinajstić information content (AvgIpc) is 1.99. The molecule has 24 heteroatoms. The maximum absolute atomic E-state index is 14.8. The number of sulfone groups is 1. The summed E-state index contributed by atoms with van der Waals surface area (Å²) in [4.78, 5) is 60.4. The molecule has 2 aliphatic rings. The Kier molecular flexibility index (Phi) is 17.9. The van der Waals surface area contributed by atoms with Crippen molar-refractivity contribution in [3.8, 4) is 28.5 Å². The van der Waals surface area contributed by atoms with Crippen molar-refractivity contribution >= 4 is 49.7 Å². The van der Waals surface area contributed by atoms with E-state index >= 15 is 0 Å². The van der Waals surface area contributed by atoms with Gasteiger partial charge in [0.05, 0.1) is 22.1 Å². The van der Waals surface area contributed by atoms with Gasteiger partial charge in [-0.25, -0.2) is 31.1 Å². The van der Waals surface area contributed by atoms with Gasteiger partial charge >= 0.3 is 23.0 Å². The highest BCUT2D eigenvalue weighted by molar-refractivity contribution is 7.91. The molecule has 0 saturated carbocycles. The van der Waals surface area contributed by atoms with Crippen LogP contribution in [0.5, 0.6) is 17.4 Å². The summed E-state index contributed by atoms with van der Waals surface area (Å²) in [6.45, 7) is 8.86. The summed E-state index contributed by atoms with van der Waals surface area (Å²) in [6.07, 6.45) is -0.767. The van der Waals surface area contributed by atoms with E-state index < -0.39 is 84.3 Å². The van der Waals surface area contributed by atoms with Crippen molar-refractivity contribution in [1.29, 1.82) is 0 Å². The van der Waals surface area contributed by atoms with Gasteiger partial charge in [0, 0.05) is 37.3 Å². The zero-order valence-corrected chi connectivity index (χ0v) is 49.0. The van der Waals surface area contributed by atoms with Crippen molar-refractivity contribution in [3.63, 3.8) is 0 Å². The van der Waals surface area contributed by atoms with E-state index in [4.69, 9.17) is 24.7 Å². The van der Waals surface area contributed by atoms with Gasteiger partial charge in [0.25, 0.3) is 19.9 Å². The number of sulfonamides is 1. The molecule has 444 valence electrons. The molecule has 0 spiro atoms. The first-order valence-electron chi connectivity index (χ1n) is 27.2. The smallest absolute Gasteiger partial charge is 0.420 e. The number of fused-ring (bicyclic) bond motifs is 4. The number of rotatable bonds is 22. The Morgan fingerprint density at radius 1 is 0.753 bits per heavy atom. The lowest BCUT2D eigenvalue weighted by molar-refractivity contribution is -0.832. The number of methoxy groups -OCH3 is 1. The van der Waals surface area contributed by atoms with Crippen molar-refractivity contribution in [2.45, 2.75) is 111 Å². The average molecular weight is 1200 g/mol. The summed E-state index contributed by atoms with van der Waals surface area (Å²) < 4.78 is 84.8. The lowest BCUT2D eigenvalue weighted by Crippen LogP contribution is -2.57. The quantitative estimate of drug-likeness (QED) is 0.0159. The van der Waals surface area contributed by atoms with Crippen molar-refractivity contribution in [2.75, 3.05) is 20.3 Å². The van der Waals surface area contributed by atoms with Gasteiger partial charge in [-0.15, -0.1) is 0 Å². The second-order valence-corrected chi connectivity index (χ2v) is 24.7. The number of nitrogens with two attached hydrogens (primary N) is 1. The molecule has 9 rings (SSSR count). The number of guanidine groups is 1. The minimum absolute atomic E-state index is 0.00653. The predicted octanol–water partition coefficient (Wildman–Crippen LogP) is 6.48. The van der Waals surface area contributed by atoms with Crippen LogP contribution in [0, 0.1) is 26.0 Å². The van der Waals surface area contributed by atoms with Crippen LogP contribution in [0.4, 0.5) is 4.79 Å². The van der Waals surface area contributed by atoms with Crippen LogP contribution in [0.15, 0.2) is 158 Å². The monoisotopic (exact) mass is 1200 g/mol. The van der Waals surface area contributed by atoms with E-state index in [0.29, 0.717) is 40.0 Å². The van der Waals surface area contributed by atoms with Crippen molar-refractivity contribution in [2.24, 2.45) is 10.7 Å². The van der Waals surface area contributed by atoms with Crippen LogP contribution in [-0.2, 0) is 63.0 Å². The minimum Gasteiger partial charge on any atom is -0.487 e. The fourth-order valence-electron chi connectivity index (χ4n) is 10.6. The molecule has 0 bridgehead atoms. The maximum Gasteiger partial charge on any atom is 0.420 e. The summed E-state index contributed by atoms with van der Waals surface area (Å²) in [5.41, 5.74) is 13.2. The fourth-order valence-corrected chi connectivity index (χ4v) is 13.4. The number of benzene rings is 6. The molecule has 1 aliphatic heterocycles. The zero-order chi connectivity index (χ0) is 60.8. The number of ether oxygens (including phenoxy) is 4. The topological polar surface area (TPSA) is 313 Å². The van der Waals surface area contributed by atoms with Crippen LogP contribution in [0.1, 0.15) is 77.1 Å². The highest BCUT2D eigenvalue weighted by atomic mass is 32.2. The van der Waals surface area contributed by atoms with Gasteiger partial charge in [-0.3, -0.25) is 19.2 Å². The van der Waals surface area contributed by atoms with Gasteiger partial charge in [-0.2, -0.15) is 0 Å². The molecule has 1 aliphatic carbocycles. The Morgan fingerprint density at radius 2 is 1.33 bits per heavy atom. The van der Waals surface area contributed by atoms with E-state index in [1.807, 2.05) is 62.4 Å². The lowest BCUT2D eigenvalue weighted by atomic mass is 9.94. The summed E-state index contributed by atoms with van der Waals surface area (Å²) in [6, 6.07) is 33.3. The second kappa shape index (κ2) is 25.3. The van der Waals surface area contributed by atoms with E-state index in [0.717, 1.165) is 27.8 Å². The summed E-state index contributed by atoms with van der Waals surface area (Å²) >= 11 is 0. The zero-order valence-electron chi connectivity index (χ0n) is 47.4. The summed E-state index contributed by atoms with van der Waals surface area (Å²) in [7, 11) is -7.56. The molecule has 0 radical (unpaired) electrons. The molecule has 3 atom stereocenters. The van der Waals surface area contributed by atoms with E-state index in [2.05, 4.69) is 35.5 Å². The summed E-state index contributed by atoms with van der Waals surface area (Å²) in [5, 5.41) is 23.4. The fraction of sp³-hybridized carbons (Fsp3) is 0.295. The largest absolute Gasteiger partial charge is 0.487 e. The number of hydrogen-bond donors (Lipinski definition) is 5. The molecule has 7 aromatic rings.